The summed E-state index contributed by atoms with van der Waals surface area (Å²) in [5.41, 5.74) is 2.95. The molecule has 29 heavy (non-hydrogen) atoms. The van der Waals surface area contributed by atoms with Crippen LogP contribution in [0.4, 0.5) is 0 Å². The van der Waals surface area contributed by atoms with Gasteiger partial charge in [0, 0.05) is 35.1 Å². The van der Waals surface area contributed by atoms with E-state index < -0.39 is 5.97 Å². The van der Waals surface area contributed by atoms with E-state index in [2.05, 4.69) is 5.10 Å². The van der Waals surface area contributed by atoms with Crippen LogP contribution in [0.5, 0.6) is 0 Å². The first-order chi connectivity index (χ1) is 13.9. The highest BCUT2D eigenvalue weighted by molar-refractivity contribution is 6.30. The summed E-state index contributed by atoms with van der Waals surface area (Å²) in [4.78, 5) is 26.2. The van der Waals surface area contributed by atoms with Crippen molar-refractivity contribution in [3.8, 4) is 5.69 Å². The van der Waals surface area contributed by atoms with Crippen molar-refractivity contribution in [1.29, 1.82) is 0 Å². The molecule has 148 valence electrons. The molecular weight excluding hydrogens is 413 g/mol. The monoisotopic (exact) mass is 429 g/mol. The molecule has 0 fully saturated rings. The van der Waals surface area contributed by atoms with Crippen LogP contribution in [-0.4, -0.2) is 38.2 Å². The van der Waals surface area contributed by atoms with Crippen molar-refractivity contribution < 1.29 is 14.7 Å². The summed E-state index contributed by atoms with van der Waals surface area (Å²) in [6.45, 7) is 0.717. The number of amides is 1. The number of carbonyl (C=O) groups excluding carboxylic acids is 1. The van der Waals surface area contributed by atoms with E-state index in [0.29, 0.717) is 28.6 Å². The Bertz CT molecular complexity index is 1080. The molecule has 2 aromatic carbocycles. The fourth-order valence-electron chi connectivity index (χ4n) is 3.49. The number of halogens is 2. The Kier molecular flexibility index (Phi) is 5.30. The number of benzene rings is 2. The molecule has 1 aliphatic rings. The maximum atomic E-state index is 12.8. The Morgan fingerprint density at radius 1 is 1.00 bits per heavy atom. The molecule has 0 spiro atoms. The number of carboxylic acid groups (broad SMARTS) is 1. The van der Waals surface area contributed by atoms with Crippen LogP contribution in [0.15, 0.2) is 48.5 Å². The molecule has 0 saturated heterocycles. The van der Waals surface area contributed by atoms with Gasteiger partial charge in [0.15, 0.2) is 5.69 Å². The zero-order valence-corrected chi connectivity index (χ0v) is 16.8. The number of fused-ring (bicyclic) bond motifs is 1. The second-order valence-electron chi connectivity index (χ2n) is 6.84. The van der Waals surface area contributed by atoms with E-state index in [0.717, 1.165) is 16.9 Å². The van der Waals surface area contributed by atoms with E-state index in [-0.39, 0.29) is 24.6 Å². The average Bonchev–Trinajstić information content (AvgIpc) is 3.09. The van der Waals surface area contributed by atoms with Gasteiger partial charge in [0.05, 0.1) is 17.8 Å². The van der Waals surface area contributed by atoms with Crippen LogP contribution in [-0.2, 0) is 24.2 Å². The molecule has 1 aromatic heterocycles. The predicted molar refractivity (Wildman–Crippen MR) is 110 cm³/mol. The van der Waals surface area contributed by atoms with Gasteiger partial charge in [-0.1, -0.05) is 35.3 Å². The summed E-state index contributed by atoms with van der Waals surface area (Å²) in [5.74, 6) is -1.17. The van der Waals surface area contributed by atoms with Gasteiger partial charge in [-0.3, -0.25) is 4.79 Å². The molecule has 0 atom stereocenters. The zero-order valence-electron chi connectivity index (χ0n) is 15.3. The second kappa shape index (κ2) is 7.89. The Labute approximate surface area is 177 Å². The molecule has 6 nitrogen and oxygen atoms in total. The number of hydrogen-bond acceptors (Lipinski definition) is 3. The van der Waals surface area contributed by atoms with Gasteiger partial charge in [0.2, 0.25) is 5.91 Å². The highest BCUT2D eigenvalue weighted by atomic mass is 35.5. The summed E-state index contributed by atoms with van der Waals surface area (Å²) >= 11 is 11.8. The standard InChI is InChI=1S/C21H17Cl2N3O3/c22-14-3-1-13(2-4-14)11-19(27)25-10-9-18-17(12-25)20(21(28)29)24-26(18)16-7-5-15(23)6-8-16/h1-8H,9-12H2,(H,28,29). The largest absolute Gasteiger partial charge is 0.476 e. The van der Waals surface area contributed by atoms with Gasteiger partial charge < -0.3 is 10.0 Å². The first kappa shape index (κ1) is 19.5. The number of nitrogens with zero attached hydrogens (tertiary/aromatic N) is 3. The number of carbonyl (C=O) groups is 2. The third kappa shape index (κ3) is 3.99. The summed E-state index contributed by atoms with van der Waals surface area (Å²) < 4.78 is 1.64. The number of hydrogen-bond donors (Lipinski definition) is 1. The molecule has 2 heterocycles. The van der Waals surface area contributed by atoms with E-state index in [4.69, 9.17) is 23.2 Å². The van der Waals surface area contributed by atoms with Crippen molar-refractivity contribution in [2.24, 2.45) is 0 Å². The fourth-order valence-corrected chi connectivity index (χ4v) is 3.74. The van der Waals surface area contributed by atoms with Gasteiger partial charge in [-0.15, -0.1) is 0 Å². The van der Waals surface area contributed by atoms with Crippen LogP contribution in [0.3, 0.4) is 0 Å². The van der Waals surface area contributed by atoms with Gasteiger partial charge in [-0.25, -0.2) is 9.48 Å². The average molecular weight is 430 g/mol. The Morgan fingerprint density at radius 3 is 2.24 bits per heavy atom. The fraction of sp³-hybridized carbons (Fsp3) is 0.190. The number of rotatable bonds is 4. The van der Waals surface area contributed by atoms with E-state index in [1.165, 1.54) is 0 Å². The highest BCUT2D eigenvalue weighted by Gasteiger charge is 2.30. The smallest absolute Gasteiger partial charge is 0.356 e. The predicted octanol–water partition coefficient (Wildman–Crippen LogP) is 4.00. The third-order valence-electron chi connectivity index (χ3n) is 4.95. The quantitative estimate of drug-likeness (QED) is 0.679. The van der Waals surface area contributed by atoms with Crippen LogP contribution < -0.4 is 0 Å². The number of aromatic carboxylic acids is 1. The molecule has 1 amide bonds. The van der Waals surface area contributed by atoms with Crippen molar-refractivity contribution >= 4 is 35.1 Å². The Hall–Kier alpha value is -2.83. The van der Waals surface area contributed by atoms with E-state index in [1.807, 2.05) is 12.1 Å². The van der Waals surface area contributed by atoms with E-state index in [1.54, 1.807) is 46.0 Å². The zero-order chi connectivity index (χ0) is 20.5. The first-order valence-electron chi connectivity index (χ1n) is 9.04. The molecule has 0 aliphatic carbocycles. The molecule has 8 heteroatoms. The topological polar surface area (TPSA) is 75.4 Å². The lowest BCUT2D eigenvalue weighted by atomic mass is 10.0. The van der Waals surface area contributed by atoms with Crippen molar-refractivity contribution in [3.05, 3.63) is 81.1 Å². The van der Waals surface area contributed by atoms with E-state index in [9.17, 15) is 14.7 Å². The van der Waals surface area contributed by atoms with E-state index >= 15 is 0 Å². The molecule has 1 N–H and O–H groups in total. The molecule has 0 radical (unpaired) electrons. The Balaban J connectivity index is 1.61. The summed E-state index contributed by atoms with van der Waals surface area (Å²) in [5, 5.41) is 15.1. The molecule has 4 rings (SSSR count). The lowest BCUT2D eigenvalue weighted by Gasteiger charge is -2.28. The lowest BCUT2D eigenvalue weighted by molar-refractivity contribution is -0.131. The normalized spacial score (nSPS) is 13.2. The van der Waals surface area contributed by atoms with Crippen molar-refractivity contribution in [1.82, 2.24) is 14.7 Å². The van der Waals surface area contributed by atoms with Crippen LogP contribution in [0.25, 0.3) is 5.69 Å². The van der Waals surface area contributed by atoms with Crippen molar-refractivity contribution in [2.75, 3.05) is 6.54 Å². The summed E-state index contributed by atoms with van der Waals surface area (Å²) in [6, 6.07) is 14.2. The van der Waals surface area contributed by atoms with Crippen LogP contribution in [0, 0.1) is 0 Å². The first-order valence-corrected chi connectivity index (χ1v) is 9.80. The maximum Gasteiger partial charge on any atom is 0.356 e. The molecular formula is C21H17Cl2N3O3. The minimum absolute atomic E-state index is 0.0288. The van der Waals surface area contributed by atoms with Gasteiger partial charge in [-0.05, 0) is 42.0 Å². The number of aromatic nitrogens is 2. The minimum Gasteiger partial charge on any atom is -0.476 e. The van der Waals surface area contributed by atoms with Gasteiger partial charge >= 0.3 is 5.97 Å². The van der Waals surface area contributed by atoms with Gasteiger partial charge in [0.25, 0.3) is 0 Å². The SMILES string of the molecule is O=C(O)c1nn(-c2ccc(Cl)cc2)c2c1CN(C(=O)Cc1ccc(Cl)cc1)CC2. The van der Waals surface area contributed by atoms with Crippen LogP contribution in [0.1, 0.15) is 27.3 Å². The van der Waals surface area contributed by atoms with Crippen LogP contribution in [0.2, 0.25) is 10.0 Å². The molecule has 0 saturated carbocycles. The maximum absolute atomic E-state index is 12.8. The van der Waals surface area contributed by atoms with Gasteiger partial charge in [0.1, 0.15) is 0 Å². The summed E-state index contributed by atoms with van der Waals surface area (Å²) in [7, 11) is 0. The van der Waals surface area contributed by atoms with Crippen LogP contribution >= 0.6 is 23.2 Å². The second-order valence-corrected chi connectivity index (χ2v) is 7.71. The highest BCUT2D eigenvalue weighted by Crippen LogP contribution is 2.26. The van der Waals surface area contributed by atoms with Gasteiger partial charge in [-0.2, -0.15) is 5.10 Å². The molecule has 0 unspecified atom stereocenters. The summed E-state index contributed by atoms with van der Waals surface area (Å²) in [6.07, 6.45) is 0.755. The van der Waals surface area contributed by atoms with Crippen molar-refractivity contribution in [3.63, 3.8) is 0 Å². The lowest BCUT2D eigenvalue weighted by Crippen LogP contribution is -2.37. The van der Waals surface area contributed by atoms with Crippen molar-refractivity contribution in [2.45, 2.75) is 19.4 Å². The molecule has 0 bridgehead atoms. The third-order valence-corrected chi connectivity index (χ3v) is 5.46. The molecule has 1 aliphatic heterocycles. The molecule has 3 aromatic rings. The Morgan fingerprint density at radius 2 is 1.62 bits per heavy atom. The minimum atomic E-state index is -1.11. The number of carboxylic acids is 1.